The van der Waals surface area contributed by atoms with Gasteiger partial charge < -0.3 is 14.6 Å². The number of aliphatic hydroxyl groups is 1. The molecule has 0 rings (SSSR count). The van der Waals surface area contributed by atoms with Gasteiger partial charge in [0.05, 0.1) is 6.10 Å². The molecule has 206 valence electrons. The summed E-state index contributed by atoms with van der Waals surface area (Å²) in [6.07, 6.45) is 16.2. The van der Waals surface area contributed by atoms with Gasteiger partial charge >= 0.3 is 0 Å². The van der Waals surface area contributed by atoms with E-state index in [1.54, 1.807) is 0 Å². The molecule has 0 bridgehead atoms. The third kappa shape index (κ3) is 22.4. The maximum atomic E-state index is 9.60. The summed E-state index contributed by atoms with van der Waals surface area (Å²) in [6.45, 7) is 20.7. The average Bonchev–Trinajstić information content (AvgIpc) is 2.70. The Hall–Kier alpha value is -0.120. The Balaban J connectivity index is 3.78. The van der Waals surface area contributed by atoms with E-state index in [4.69, 9.17) is 9.47 Å². The van der Waals surface area contributed by atoms with Gasteiger partial charge in [-0.3, -0.25) is 0 Å². The molecule has 1 N–H and O–H groups in total. The van der Waals surface area contributed by atoms with Crippen LogP contribution in [0.3, 0.4) is 0 Å². The Morgan fingerprint density at radius 1 is 0.500 bits per heavy atom. The van der Waals surface area contributed by atoms with E-state index in [1.807, 2.05) is 6.92 Å². The summed E-state index contributed by atoms with van der Waals surface area (Å²) in [5.74, 6) is 4.56. The maximum Gasteiger partial charge on any atom is 0.146 e. The van der Waals surface area contributed by atoms with E-state index < -0.39 is 0 Å². The van der Waals surface area contributed by atoms with Crippen LogP contribution in [0.4, 0.5) is 0 Å². The van der Waals surface area contributed by atoms with Gasteiger partial charge in [0.25, 0.3) is 0 Å². The number of hydrogen-bond acceptors (Lipinski definition) is 3. The molecule has 0 aliphatic rings. The molecule has 0 fully saturated rings. The highest BCUT2D eigenvalue weighted by Crippen LogP contribution is 2.29. The van der Waals surface area contributed by atoms with Gasteiger partial charge in [-0.1, -0.05) is 74.1 Å². The van der Waals surface area contributed by atoms with Crippen molar-refractivity contribution in [3.63, 3.8) is 0 Å². The van der Waals surface area contributed by atoms with E-state index in [2.05, 4.69) is 48.5 Å². The van der Waals surface area contributed by atoms with Crippen LogP contribution in [-0.4, -0.2) is 31.2 Å². The topological polar surface area (TPSA) is 38.7 Å². The molecule has 7 unspecified atom stereocenters. The summed E-state index contributed by atoms with van der Waals surface area (Å²) in [5.41, 5.74) is 0. The molecule has 0 spiro atoms. The van der Waals surface area contributed by atoms with Crippen molar-refractivity contribution < 1.29 is 14.6 Å². The standard InChI is InChI=1S/C31H64O3/c1-9-10-11-12-13-16-33-24-34-17-14-15-25(2)18-26(3)19-27(4)20-28(5)21-29(6)22-30(7)23-31(8)32/h25-32H,9-24H2,1-8H3. The van der Waals surface area contributed by atoms with Crippen LogP contribution in [0.5, 0.6) is 0 Å². The third-order valence-corrected chi connectivity index (χ3v) is 7.31. The summed E-state index contributed by atoms with van der Waals surface area (Å²) in [5, 5.41) is 9.60. The lowest BCUT2D eigenvalue weighted by Gasteiger charge is -2.25. The van der Waals surface area contributed by atoms with Gasteiger partial charge in [0.2, 0.25) is 0 Å². The number of unbranched alkanes of at least 4 members (excludes halogenated alkanes) is 4. The normalized spacial score (nSPS) is 18.3. The lowest BCUT2D eigenvalue weighted by Crippen LogP contribution is -2.14. The molecule has 0 saturated carbocycles. The summed E-state index contributed by atoms with van der Waals surface area (Å²) < 4.78 is 11.3. The Bertz CT molecular complexity index is 425. The summed E-state index contributed by atoms with van der Waals surface area (Å²) in [7, 11) is 0. The molecule has 0 heterocycles. The zero-order chi connectivity index (χ0) is 25.8. The fourth-order valence-electron chi connectivity index (χ4n) is 6.13. The van der Waals surface area contributed by atoms with Crippen molar-refractivity contribution in [3.05, 3.63) is 0 Å². The molecule has 0 amide bonds. The van der Waals surface area contributed by atoms with E-state index in [1.165, 1.54) is 64.2 Å². The van der Waals surface area contributed by atoms with E-state index in [0.717, 1.165) is 62.1 Å². The first-order chi connectivity index (χ1) is 16.1. The highest BCUT2D eigenvalue weighted by molar-refractivity contribution is 4.69. The summed E-state index contributed by atoms with van der Waals surface area (Å²) in [6, 6.07) is 0. The van der Waals surface area contributed by atoms with Crippen molar-refractivity contribution >= 4 is 0 Å². The Morgan fingerprint density at radius 3 is 1.38 bits per heavy atom. The molecule has 3 heteroatoms. The number of ether oxygens (including phenoxy) is 2. The first-order valence-electron chi connectivity index (χ1n) is 15.0. The highest BCUT2D eigenvalue weighted by atomic mass is 16.7. The smallest absolute Gasteiger partial charge is 0.146 e. The Kier molecular flexibility index (Phi) is 22.0. The number of hydrogen-bond donors (Lipinski definition) is 1. The lowest BCUT2D eigenvalue weighted by molar-refractivity contribution is -0.0561. The van der Waals surface area contributed by atoms with Crippen LogP contribution >= 0.6 is 0 Å². The van der Waals surface area contributed by atoms with Crippen LogP contribution < -0.4 is 0 Å². The van der Waals surface area contributed by atoms with Gasteiger partial charge in [0.1, 0.15) is 6.79 Å². The Labute approximate surface area is 215 Å². The molecule has 3 nitrogen and oxygen atoms in total. The van der Waals surface area contributed by atoms with Crippen LogP contribution in [-0.2, 0) is 9.47 Å². The zero-order valence-corrected chi connectivity index (χ0v) is 24.6. The van der Waals surface area contributed by atoms with Crippen molar-refractivity contribution in [2.75, 3.05) is 20.0 Å². The number of rotatable bonds is 24. The summed E-state index contributed by atoms with van der Waals surface area (Å²) in [4.78, 5) is 0. The van der Waals surface area contributed by atoms with Gasteiger partial charge in [-0.25, -0.2) is 0 Å². The van der Waals surface area contributed by atoms with Gasteiger partial charge in [-0.15, -0.1) is 0 Å². The molecule has 0 aromatic carbocycles. The fourth-order valence-corrected chi connectivity index (χ4v) is 6.13. The maximum absolute atomic E-state index is 9.60. The van der Waals surface area contributed by atoms with E-state index in [9.17, 15) is 5.11 Å². The quantitative estimate of drug-likeness (QED) is 0.110. The van der Waals surface area contributed by atoms with Crippen LogP contribution in [0.2, 0.25) is 0 Å². The van der Waals surface area contributed by atoms with Crippen LogP contribution in [0.25, 0.3) is 0 Å². The second-order valence-electron chi connectivity index (χ2n) is 12.4. The summed E-state index contributed by atoms with van der Waals surface area (Å²) >= 11 is 0. The van der Waals surface area contributed by atoms with Crippen molar-refractivity contribution in [2.45, 2.75) is 145 Å². The van der Waals surface area contributed by atoms with Gasteiger partial charge in [0.15, 0.2) is 0 Å². The first-order valence-corrected chi connectivity index (χ1v) is 15.0. The van der Waals surface area contributed by atoms with Crippen molar-refractivity contribution in [3.8, 4) is 0 Å². The largest absolute Gasteiger partial charge is 0.393 e. The lowest BCUT2D eigenvalue weighted by atomic mass is 9.81. The zero-order valence-electron chi connectivity index (χ0n) is 24.6. The monoisotopic (exact) mass is 484 g/mol. The molecule has 0 aromatic rings. The Morgan fingerprint density at radius 2 is 0.912 bits per heavy atom. The van der Waals surface area contributed by atoms with Crippen LogP contribution in [0, 0.1) is 35.5 Å². The molecule has 7 atom stereocenters. The minimum Gasteiger partial charge on any atom is -0.393 e. The molecular formula is C31H64O3. The van der Waals surface area contributed by atoms with Gasteiger partial charge in [-0.2, -0.15) is 0 Å². The molecule has 0 saturated heterocycles. The van der Waals surface area contributed by atoms with E-state index >= 15 is 0 Å². The van der Waals surface area contributed by atoms with Gasteiger partial charge in [-0.05, 0) is 100 Å². The predicted octanol–water partition coefficient (Wildman–Crippen LogP) is 9.27. The van der Waals surface area contributed by atoms with E-state index in [-0.39, 0.29) is 6.10 Å². The number of aliphatic hydroxyl groups excluding tert-OH is 1. The minimum absolute atomic E-state index is 0.167. The molecular weight excluding hydrogens is 420 g/mol. The van der Waals surface area contributed by atoms with Crippen LogP contribution in [0.15, 0.2) is 0 Å². The molecule has 0 radical (unpaired) electrons. The first kappa shape index (κ1) is 33.9. The van der Waals surface area contributed by atoms with Crippen LogP contribution in [0.1, 0.15) is 139 Å². The molecule has 34 heavy (non-hydrogen) atoms. The average molecular weight is 485 g/mol. The molecule has 0 aliphatic heterocycles. The SMILES string of the molecule is CCCCCCCOCOCCCC(C)CC(C)CC(C)CC(C)CC(C)CC(C)CC(C)O. The predicted molar refractivity (Wildman–Crippen MR) is 149 cm³/mol. The molecule has 0 aliphatic carbocycles. The van der Waals surface area contributed by atoms with Crippen molar-refractivity contribution in [1.82, 2.24) is 0 Å². The van der Waals surface area contributed by atoms with Crippen molar-refractivity contribution in [2.24, 2.45) is 35.5 Å². The fraction of sp³-hybridized carbons (Fsp3) is 1.00. The molecule has 0 aromatic heterocycles. The second-order valence-corrected chi connectivity index (χ2v) is 12.4. The second kappa shape index (κ2) is 22.1. The van der Waals surface area contributed by atoms with E-state index in [0.29, 0.717) is 12.7 Å². The van der Waals surface area contributed by atoms with Crippen molar-refractivity contribution in [1.29, 1.82) is 0 Å². The minimum atomic E-state index is -0.167. The highest BCUT2D eigenvalue weighted by Gasteiger charge is 2.18. The third-order valence-electron chi connectivity index (χ3n) is 7.31. The van der Waals surface area contributed by atoms with Gasteiger partial charge in [0, 0.05) is 13.2 Å².